The minimum absolute atomic E-state index is 0.527. The zero-order valence-corrected chi connectivity index (χ0v) is 17.9. The van der Waals surface area contributed by atoms with Crippen LogP contribution in [-0.2, 0) is 15.0 Å². The lowest BCUT2D eigenvalue weighted by atomic mass is 9.77. The van der Waals surface area contributed by atoms with E-state index in [1.807, 2.05) is 42.9 Å². The number of hydrogen-bond acceptors (Lipinski definition) is 4. The summed E-state index contributed by atoms with van der Waals surface area (Å²) in [6.45, 7) is 4.94. The van der Waals surface area contributed by atoms with Gasteiger partial charge in [-0.3, -0.25) is 0 Å². The first kappa shape index (κ1) is 21.0. The Morgan fingerprint density at radius 1 is 0.710 bits per heavy atom. The van der Waals surface area contributed by atoms with Gasteiger partial charge in [0, 0.05) is 13.2 Å². The molecule has 158 valence electrons. The smallest absolute Gasteiger partial charge is 0.204 e. The second-order valence-corrected chi connectivity index (χ2v) is 7.14. The molecule has 0 unspecified atom stereocenters. The second-order valence-electron chi connectivity index (χ2n) is 7.14. The van der Waals surface area contributed by atoms with Crippen molar-refractivity contribution in [3.05, 3.63) is 120 Å². The van der Waals surface area contributed by atoms with Crippen LogP contribution < -0.4 is 0 Å². The van der Waals surface area contributed by atoms with Crippen LogP contribution in [0.2, 0.25) is 0 Å². The molecule has 1 aromatic heterocycles. The van der Waals surface area contributed by atoms with Crippen LogP contribution in [0.25, 0.3) is 0 Å². The van der Waals surface area contributed by atoms with Crippen LogP contribution in [-0.4, -0.2) is 28.2 Å². The van der Waals surface area contributed by atoms with Crippen molar-refractivity contribution < 1.29 is 9.47 Å². The minimum atomic E-state index is -0.696. The number of benzene rings is 3. The van der Waals surface area contributed by atoms with Crippen molar-refractivity contribution in [2.75, 3.05) is 13.2 Å². The molecule has 1 heterocycles. The summed E-state index contributed by atoms with van der Waals surface area (Å²) >= 11 is 0. The van der Waals surface area contributed by atoms with Gasteiger partial charge in [-0.2, -0.15) is 0 Å². The Hall–Kier alpha value is -3.28. The third-order valence-electron chi connectivity index (χ3n) is 5.31. The van der Waals surface area contributed by atoms with E-state index in [9.17, 15) is 0 Å². The standard InChI is InChI=1S/C26H27N3O2/c1-3-30-25(31-4-2)24-20-29(28-27-24)26(21-14-8-5-9-15-21,22-16-10-6-11-17-22)23-18-12-7-13-19-23/h5-20,25H,3-4H2,1-2H3. The molecule has 3 aromatic carbocycles. The highest BCUT2D eigenvalue weighted by Gasteiger charge is 2.40. The molecule has 4 aromatic rings. The molecule has 0 aliphatic rings. The zero-order valence-electron chi connectivity index (χ0n) is 17.9. The summed E-state index contributed by atoms with van der Waals surface area (Å²) in [6, 6.07) is 31.2. The zero-order chi connectivity index (χ0) is 21.5. The molecule has 0 aliphatic carbocycles. The first-order chi connectivity index (χ1) is 15.3. The van der Waals surface area contributed by atoms with Crippen LogP contribution in [0.5, 0.6) is 0 Å². The average molecular weight is 414 g/mol. The Morgan fingerprint density at radius 2 is 1.13 bits per heavy atom. The maximum atomic E-state index is 5.77. The lowest BCUT2D eigenvalue weighted by molar-refractivity contribution is -0.142. The van der Waals surface area contributed by atoms with Gasteiger partial charge in [0.1, 0.15) is 11.2 Å². The van der Waals surface area contributed by atoms with Gasteiger partial charge in [-0.15, -0.1) is 5.10 Å². The Kier molecular flexibility index (Phi) is 6.55. The molecule has 31 heavy (non-hydrogen) atoms. The highest BCUT2D eigenvalue weighted by atomic mass is 16.7. The molecule has 0 atom stereocenters. The van der Waals surface area contributed by atoms with Crippen molar-refractivity contribution in [2.45, 2.75) is 25.7 Å². The maximum Gasteiger partial charge on any atom is 0.204 e. The van der Waals surface area contributed by atoms with Crippen LogP contribution in [0.4, 0.5) is 0 Å². The monoisotopic (exact) mass is 413 g/mol. The number of rotatable bonds is 9. The van der Waals surface area contributed by atoms with Gasteiger partial charge in [-0.1, -0.05) is 96.2 Å². The van der Waals surface area contributed by atoms with Crippen molar-refractivity contribution in [1.29, 1.82) is 0 Å². The largest absolute Gasteiger partial charge is 0.347 e. The van der Waals surface area contributed by atoms with Gasteiger partial charge in [0.05, 0.1) is 6.20 Å². The summed E-state index contributed by atoms with van der Waals surface area (Å²) in [5.74, 6) is 0. The molecular weight excluding hydrogens is 386 g/mol. The van der Waals surface area contributed by atoms with Crippen molar-refractivity contribution in [3.63, 3.8) is 0 Å². The Labute approximate surface area is 183 Å². The minimum Gasteiger partial charge on any atom is -0.347 e. The van der Waals surface area contributed by atoms with Crippen LogP contribution >= 0.6 is 0 Å². The number of ether oxygens (including phenoxy) is 2. The van der Waals surface area contributed by atoms with Crippen LogP contribution in [0.3, 0.4) is 0 Å². The second kappa shape index (κ2) is 9.69. The Bertz CT molecular complexity index is 963. The van der Waals surface area contributed by atoms with Gasteiger partial charge in [0.15, 0.2) is 0 Å². The van der Waals surface area contributed by atoms with E-state index < -0.39 is 11.8 Å². The molecule has 0 N–H and O–H groups in total. The van der Waals surface area contributed by atoms with E-state index >= 15 is 0 Å². The molecule has 0 amide bonds. The molecular formula is C26H27N3O2. The van der Waals surface area contributed by atoms with Gasteiger partial charge >= 0.3 is 0 Å². The lowest BCUT2D eigenvalue weighted by Crippen LogP contribution is -2.38. The summed E-state index contributed by atoms with van der Waals surface area (Å²) in [5.41, 5.74) is 3.23. The number of hydrogen-bond donors (Lipinski definition) is 0. The van der Waals surface area contributed by atoms with Crippen molar-refractivity contribution in [2.24, 2.45) is 0 Å². The topological polar surface area (TPSA) is 49.2 Å². The van der Waals surface area contributed by atoms with E-state index in [-0.39, 0.29) is 0 Å². The fourth-order valence-corrected chi connectivity index (χ4v) is 4.01. The summed E-state index contributed by atoms with van der Waals surface area (Å²) in [6.07, 6.45) is 1.38. The first-order valence-electron chi connectivity index (χ1n) is 10.6. The molecule has 4 rings (SSSR count). The predicted octanol–water partition coefficient (Wildman–Crippen LogP) is 5.19. The van der Waals surface area contributed by atoms with E-state index in [0.29, 0.717) is 18.9 Å². The lowest BCUT2D eigenvalue weighted by Gasteiger charge is -2.35. The highest BCUT2D eigenvalue weighted by molar-refractivity contribution is 5.50. The molecule has 0 radical (unpaired) electrons. The number of aromatic nitrogens is 3. The van der Waals surface area contributed by atoms with Gasteiger partial charge in [-0.25, -0.2) is 4.68 Å². The van der Waals surface area contributed by atoms with E-state index in [1.54, 1.807) is 0 Å². The van der Waals surface area contributed by atoms with Gasteiger partial charge in [0.2, 0.25) is 6.29 Å². The highest BCUT2D eigenvalue weighted by Crippen LogP contribution is 2.40. The summed E-state index contributed by atoms with van der Waals surface area (Å²) < 4.78 is 13.5. The van der Waals surface area contributed by atoms with Gasteiger partial charge in [0.25, 0.3) is 0 Å². The van der Waals surface area contributed by atoms with Crippen LogP contribution in [0, 0.1) is 0 Å². The molecule has 0 saturated heterocycles. The van der Waals surface area contributed by atoms with Crippen LogP contribution in [0.1, 0.15) is 42.5 Å². The van der Waals surface area contributed by atoms with E-state index in [2.05, 4.69) is 83.1 Å². The quantitative estimate of drug-likeness (QED) is 0.280. The molecule has 5 heteroatoms. The molecule has 0 saturated carbocycles. The normalized spacial score (nSPS) is 11.7. The molecule has 0 fully saturated rings. The first-order valence-corrected chi connectivity index (χ1v) is 10.6. The molecule has 5 nitrogen and oxygen atoms in total. The fourth-order valence-electron chi connectivity index (χ4n) is 4.01. The fraction of sp³-hybridized carbons (Fsp3) is 0.231. The SMILES string of the molecule is CCOC(OCC)c1cn(C(c2ccccc2)(c2ccccc2)c2ccccc2)nn1. The number of nitrogens with zero attached hydrogens (tertiary/aromatic N) is 3. The molecule has 0 aliphatic heterocycles. The van der Waals surface area contributed by atoms with Crippen LogP contribution in [0.15, 0.2) is 97.2 Å². The third-order valence-corrected chi connectivity index (χ3v) is 5.31. The third kappa shape index (κ3) is 4.02. The predicted molar refractivity (Wildman–Crippen MR) is 121 cm³/mol. The van der Waals surface area contributed by atoms with E-state index in [4.69, 9.17) is 9.47 Å². The Morgan fingerprint density at radius 3 is 1.52 bits per heavy atom. The summed E-state index contributed by atoms with van der Waals surface area (Å²) in [5, 5.41) is 9.07. The molecule has 0 bridgehead atoms. The van der Waals surface area contributed by atoms with Gasteiger partial charge in [-0.05, 0) is 30.5 Å². The van der Waals surface area contributed by atoms with E-state index in [1.165, 1.54) is 0 Å². The van der Waals surface area contributed by atoms with Crippen molar-refractivity contribution >= 4 is 0 Å². The maximum absolute atomic E-state index is 5.77. The van der Waals surface area contributed by atoms with E-state index in [0.717, 1.165) is 16.7 Å². The van der Waals surface area contributed by atoms with Gasteiger partial charge < -0.3 is 9.47 Å². The molecule has 0 spiro atoms. The summed E-state index contributed by atoms with van der Waals surface area (Å²) in [7, 11) is 0. The Balaban J connectivity index is 1.98. The average Bonchev–Trinajstić information content (AvgIpc) is 3.32. The summed E-state index contributed by atoms with van der Waals surface area (Å²) in [4.78, 5) is 0. The van der Waals surface area contributed by atoms with Crippen molar-refractivity contribution in [3.8, 4) is 0 Å². The van der Waals surface area contributed by atoms with Crippen molar-refractivity contribution in [1.82, 2.24) is 15.0 Å².